The third kappa shape index (κ3) is 18.5. The molecule has 0 spiro atoms. The molecule has 32 nitrogen and oxygen atoms in total. The molecule has 35 heteroatoms. The summed E-state index contributed by atoms with van der Waals surface area (Å²) in [6.07, 6.45) is -11.2. The number of rotatable bonds is 22. The fraction of sp³-hybridized carbons (Fsp3) is 0.492. The van der Waals surface area contributed by atoms with E-state index in [0.717, 1.165) is 71.6 Å². The smallest absolute Gasteiger partial charge is 0.261 e. The minimum absolute atomic E-state index is 0.00390. The summed E-state index contributed by atoms with van der Waals surface area (Å²) in [4.78, 5) is 107. The SMILES string of the molecule is COC1(c2ccc(Cl)cc2)CCN(c2ccc(-c3nnc(-c4ccc(C(=O)NC5C[C@@H](O)CNC(=O)[C@@H]6[C@@H](O)[C@@H](C)CN6C(=O)[C@H]([C@H](O)CCNC(CO)CO)NC(=O)[C@H]([C@H](O)Cc6ccc(O)c(OSOOO)c6)NC(=O)[C@@H]6C[C@@H](O)CN6C(=O)[C@H]([C@@H](C)O)NC5=O)cc4)s3)cc2)CC1. The zero-order valence-electron chi connectivity index (χ0n) is 54.5. The van der Waals surface area contributed by atoms with Crippen molar-refractivity contribution in [1.29, 1.82) is 0 Å². The average Bonchev–Trinajstić information content (AvgIpc) is 1.29. The maximum Gasteiger partial charge on any atom is 0.261 e. The van der Waals surface area contributed by atoms with Gasteiger partial charge in [-0.3, -0.25) is 33.6 Å². The minimum Gasteiger partial charge on any atom is -0.504 e. The minimum atomic E-state index is -2.17. The number of anilines is 1. The standard InChI is InChI=1S/C65H82ClN11O21S2/c1-33-29-77-54(55(33)86)60(91)68-28-43(81)26-45(69-56(87)36-5-7-37(8-6-36)61-73-74-62(99-61)38-9-15-42(16-10-38)75-22-19-65(95-3,20-23-75)39-11-13-40(66)14-12-39)57(88)70-51(34(2)80)63(92)76-30-44(82)27-46(76)58(89)71-52(49(85)24-35-4-17-47(83)50(25-35)96-100-98-97-94)59(90)72-53(64(77)93)48(84)18-21-67-41(31-78)32-79/h4-17,25,33-34,41,43-46,48-49,51-55,67,78-86,94H,18-24,26-32H2,1-3H3,(H,68,91)(H,69,87)(H,70,88)(H,71,89)(H,72,90)/t33-,34+,43+,44+,45?,46-,48+,49+,51-,52-,53-,54-,55-/m0/s1. The number of hydrogen-bond donors (Lipinski definition) is 16. The lowest BCUT2D eigenvalue weighted by Gasteiger charge is -2.42. The molecule has 7 amide bonds. The number of methoxy groups -OCH3 is 1. The molecule has 16 N–H and O–H groups in total. The summed E-state index contributed by atoms with van der Waals surface area (Å²) in [5, 5.41) is 137. The van der Waals surface area contributed by atoms with Crippen molar-refractivity contribution < 1.29 is 103 Å². The lowest BCUT2D eigenvalue weighted by Crippen LogP contribution is -2.64. The van der Waals surface area contributed by atoms with Crippen LogP contribution in [0, 0.1) is 5.92 Å². The van der Waals surface area contributed by atoms with E-state index in [2.05, 4.69) is 56.4 Å². The van der Waals surface area contributed by atoms with E-state index in [1.165, 1.54) is 36.5 Å². The highest BCUT2D eigenvalue weighted by Gasteiger charge is 2.50. The first kappa shape index (κ1) is 76.4. The Kier molecular flexibility index (Phi) is 26.6. The van der Waals surface area contributed by atoms with Gasteiger partial charge in [-0.05, 0) is 105 Å². The van der Waals surface area contributed by atoms with E-state index >= 15 is 4.79 Å². The summed E-state index contributed by atoms with van der Waals surface area (Å²) in [5.41, 5.74) is 3.18. The molecule has 13 atom stereocenters. The summed E-state index contributed by atoms with van der Waals surface area (Å²) in [5.74, 6) is -9.67. The van der Waals surface area contributed by atoms with Crippen LogP contribution >= 0.6 is 35.3 Å². The molecule has 4 aromatic carbocycles. The van der Waals surface area contributed by atoms with Gasteiger partial charge >= 0.3 is 0 Å². The van der Waals surface area contributed by atoms with Crippen LogP contribution in [0.4, 0.5) is 5.69 Å². The van der Waals surface area contributed by atoms with Gasteiger partial charge < -0.3 is 101 Å². The number of ether oxygens (including phenoxy) is 1. The van der Waals surface area contributed by atoms with Crippen LogP contribution in [0.2, 0.25) is 5.02 Å². The number of piperidine rings is 1. The molecule has 4 aliphatic rings. The Hall–Kier alpha value is -7.75. The van der Waals surface area contributed by atoms with Crippen LogP contribution in [0.1, 0.15) is 67.4 Å². The number of aliphatic hydroxyl groups excluding tert-OH is 8. The number of fused-ring (bicyclic) bond motifs is 2. The van der Waals surface area contributed by atoms with Crippen molar-refractivity contribution in [2.24, 2.45) is 5.92 Å². The predicted octanol–water partition coefficient (Wildman–Crippen LogP) is -0.982. The second kappa shape index (κ2) is 34.7. The van der Waals surface area contributed by atoms with Gasteiger partial charge in [0, 0.05) is 92.4 Å². The van der Waals surface area contributed by atoms with Gasteiger partial charge in [0.05, 0.1) is 61.5 Å². The lowest BCUT2D eigenvalue weighted by atomic mass is 9.84. The molecular weight excluding hydrogens is 1370 g/mol. The molecule has 4 saturated heterocycles. The van der Waals surface area contributed by atoms with Crippen molar-refractivity contribution in [3.8, 4) is 32.6 Å². The van der Waals surface area contributed by atoms with Crippen LogP contribution in [0.25, 0.3) is 21.1 Å². The molecule has 5 heterocycles. The summed E-state index contributed by atoms with van der Waals surface area (Å²) in [6.45, 7) is 1.16. The number of benzene rings is 4. The molecule has 9 rings (SSSR count). The highest BCUT2D eigenvalue weighted by Crippen LogP contribution is 2.39. The van der Waals surface area contributed by atoms with Crippen LogP contribution in [0.5, 0.6) is 11.5 Å². The van der Waals surface area contributed by atoms with E-state index in [4.69, 9.17) is 25.8 Å². The molecule has 0 saturated carbocycles. The van der Waals surface area contributed by atoms with Crippen LogP contribution in [0.3, 0.4) is 0 Å². The van der Waals surface area contributed by atoms with E-state index in [1.54, 1.807) is 19.2 Å². The second-order valence-electron chi connectivity index (χ2n) is 25.1. The number of amides is 7. The van der Waals surface area contributed by atoms with Crippen LogP contribution < -0.4 is 41.0 Å². The number of aromatic nitrogens is 2. The number of aromatic hydroxyl groups is 1. The molecule has 100 heavy (non-hydrogen) atoms. The fourth-order valence-corrected chi connectivity index (χ4v) is 13.9. The zero-order chi connectivity index (χ0) is 72.1. The number of β-amino-alcohol motifs (C(OH)–C–C–N with tert-alkyl or cyclic N) is 1. The molecule has 4 aliphatic heterocycles. The summed E-state index contributed by atoms with van der Waals surface area (Å²) < 4.78 is 15.5. The number of hydrogen-bond acceptors (Lipinski definition) is 27. The highest BCUT2D eigenvalue weighted by atomic mass is 35.5. The first-order valence-electron chi connectivity index (χ1n) is 32.2. The van der Waals surface area contributed by atoms with Crippen molar-refractivity contribution >= 4 is 82.3 Å². The van der Waals surface area contributed by atoms with Gasteiger partial charge in [-0.2, -0.15) is 0 Å². The number of phenolic OH excluding ortho intramolecular Hbond substituents is 1. The monoisotopic (exact) mass is 1450 g/mol. The molecular formula is C65H82ClN11O21S2. The van der Waals surface area contributed by atoms with E-state index in [9.17, 15) is 74.7 Å². The average molecular weight is 1450 g/mol. The molecule has 1 aromatic heterocycles. The van der Waals surface area contributed by atoms with Crippen LogP contribution in [-0.4, -0.2) is 251 Å². The maximum atomic E-state index is 15.0. The predicted molar refractivity (Wildman–Crippen MR) is 359 cm³/mol. The zero-order valence-corrected chi connectivity index (χ0v) is 56.9. The van der Waals surface area contributed by atoms with Crippen molar-refractivity contribution in [3.63, 3.8) is 0 Å². The number of halogens is 1. The Bertz CT molecular complexity index is 3630. The number of phenols is 1. The largest absolute Gasteiger partial charge is 0.504 e. The lowest BCUT2D eigenvalue weighted by molar-refractivity contribution is -0.433. The number of nitrogens with one attached hydrogen (secondary N) is 6. The van der Waals surface area contributed by atoms with E-state index < -0.39 is 190 Å². The number of carbonyl (C=O) groups excluding carboxylic acids is 7. The van der Waals surface area contributed by atoms with E-state index in [-0.39, 0.29) is 42.3 Å². The molecule has 0 radical (unpaired) electrons. The van der Waals surface area contributed by atoms with Gasteiger partial charge in [0.1, 0.15) is 46.3 Å². The Morgan fingerprint density at radius 3 is 2.03 bits per heavy atom. The van der Waals surface area contributed by atoms with Gasteiger partial charge in [0.2, 0.25) is 35.4 Å². The quantitative estimate of drug-likeness (QED) is 0.0171. The van der Waals surface area contributed by atoms with Gasteiger partial charge in [-0.25, -0.2) is 5.26 Å². The second-order valence-corrected chi connectivity index (χ2v) is 27.0. The van der Waals surface area contributed by atoms with Crippen LogP contribution in [-0.2, 0) is 54.9 Å². The molecule has 1 unspecified atom stereocenters. The van der Waals surface area contributed by atoms with Gasteiger partial charge in [0.15, 0.2) is 11.5 Å². The molecule has 0 aliphatic carbocycles. The summed E-state index contributed by atoms with van der Waals surface area (Å²) in [7, 11) is 1.73. The molecule has 542 valence electrons. The van der Waals surface area contributed by atoms with Crippen molar-refractivity contribution in [2.45, 2.75) is 137 Å². The number of nitrogens with zero attached hydrogens (tertiary/aromatic N) is 5. The van der Waals surface area contributed by atoms with Gasteiger partial charge in [0.25, 0.3) is 18.2 Å². The third-order valence-corrected chi connectivity index (χ3v) is 20.0. The van der Waals surface area contributed by atoms with Crippen molar-refractivity contribution in [3.05, 3.63) is 113 Å². The number of aliphatic hydroxyl groups is 8. The van der Waals surface area contributed by atoms with E-state index in [1.807, 2.05) is 48.5 Å². The maximum absolute atomic E-state index is 15.0. The van der Waals surface area contributed by atoms with Crippen molar-refractivity contribution in [2.75, 3.05) is 64.5 Å². The first-order valence-corrected chi connectivity index (χ1v) is 34.1. The molecule has 5 aromatic rings. The Labute approximate surface area is 587 Å². The van der Waals surface area contributed by atoms with Gasteiger partial charge in [-0.15, -0.1) is 10.2 Å². The Balaban J connectivity index is 0.967. The van der Waals surface area contributed by atoms with Crippen LogP contribution in [0.15, 0.2) is 91.0 Å². The normalized spacial score (nSPS) is 25.2. The Morgan fingerprint density at radius 2 is 1.40 bits per heavy atom. The number of carbonyl (C=O) groups is 7. The van der Waals surface area contributed by atoms with Gasteiger partial charge in [-0.1, -0.05) is 69.6 Å². The Morgan fingerprint density at radius 1 is 0.770 bits per heavy atom. The van der Waals surface area contributed by atoms with E-state index in [0.29, 0.717) is 20.6 Å². The first-order chi connectivity index (χ1) is 47.8. The highest BCUT2D eigenvalue weighted by molar-refractivity contribution is 7.90. The summed E-state index contributed by atoms with van der Waals surface area (Å²) >= 11 is 7.53. The molecule has 4 fully saturated rings. The third-order valence-electron chi connectivity index (χ3n) is 18.3. The summed E-state index contributed by atoms with van der Waals surface area (Å²) in [6, 6.07) is 13.0. The topological polar surface area (TPSA) is 466 Å². The van der Waals surface area contributed by atoms with Crippen molar-refractivity contribution in [1.82, 2.24) is 51.9 Å². The fourth-order valence-electron chi connectivity index (χ4n) is 12.6. The molecule has 0 bridgehead atoms.